The van der Waals surface area contributed by atoms with Crippen LogP contribution in [0.3, 0.4) is 0 Å². The van der Waals surface area contributed by atoms with Gasteiger partial charge in [0.2, 0.25) is 0 Å². The molecule has 2 rings (SSSR count). The Morgan fingerprint density at radius 2 is 2.21 bits per heavy atom. The van der Waals surface area contributed by atoms with Crippen molar-refractivity contribution in [2.45, 2.75) is 44.7 Å². The van der Waals surface area contributed by atoms with E-state index < -0.39 is 0 Å². The first-order valence-corrected chi connectivity index (χ1v) is 6.42. The van der Waals surface area contributed by atoms with Crippen LogP contribution < -0.4 is 5.32 Å². The minimum atomic E-state index is 0.352. The molecule has 0 unspecified atom stereocenters. The van der Waals surface area contributed by atoms with Gasteiger partial charge in [-0.15, -0.1) is 11.3 Å². The average molecular weight is 230 g/mol. The molecule has 0 saturated heterocycles. The normalized spacial score (nSPS) is 20.1. The van der Waals surface area contributed by atoms with Crippen molar-refractivity contribution in [1.29, 1.82) is 0 Å². The molecule has 1 saturated carbocycles. The third-order valence-corrected chi connectivity index (χ3v) is 4.36. The van der Waals surface area contributed by atoms with E-state index in [-0.39, 0.29) is 0 Å². The second-order valence-corrected chi connectivity index (χ2v) is 5.86. The summed E-state index contributed by atoms with van der Waals surface area (Å²) in [6.45, 7) is 3.24. The minimum Gasteiger partial charge on any atom is -0.307 e. The molecule has 1 heterocycles. The van der Waals surface area contributed by atoms with Gasteiger partial charge in [0.05, 0.1) is 4.34 Å². The van der Waals surface area contributed by atoms with Crippen LogP contribution in [0.5, 0.6) is 0 Å². The largest absolute Gasteiger partial charge is 0.307 e. The van der Waals surface area contributed by atoms with Gasteiger partial charge in [-0.3, -0.25) is 0 Å². The van der Waals surface area contributed by atoms with Gasteiger partial charge >= 0.3 is 0 Å². The highest BCUT2D eigenvalue weighted by Gasteiger charge is 2.27. The molecule has 1 aromatic heterocycles. The Morgan fingerprint density at radius 1 is 1.50 bits per heavy atom. The first-order valence-electron chi connectivity index (χ1n) is 5.17. The summed E-state index contributed by atoms with van der Waals surface area (Å²) in [6.07, 6.45) is 5.32. The Labute approximate surface area is 94.5 Å². The topological polar surface area (TPSA) is 12.0 Å². The molecular weight excluding hydrogens is 214 g/mol. The van der Waals surface area contributed by atoms with Gasteiger partial charge in [0.15, 0.2) is 0 Å². The summed E-state index contributed by atoms with van der Waals surface area (Å²) in [5.74, 6) is 0. The number of rotatable bonds is 3. The lowest BCUT2D eigenvalue weighted by Gasteiger charge is -2.25. The number of hydrogen-bond donors (Lipinski definition) is 1. The standard InChI is InChI=1S/C11H16ClNS/c1-11(5-2-3-6-11)13-8-9-4-7-14-10(9)12/h4,7,13H,2-3,5-6,8H2,1H3. The molecule has 1 nitrogen and oxygen atoms in total. The molecule has 3 heteroatoms. The maximum atomic E-state index is 6.05. The molecular formula is C11H16ClNS. The first-order chi connectivity index (χ1) is 6.70. The van der Waals surface area contributed by atoms with Crippen LogP contribution in [-0.2, 0) is 6.54 Å². The number of halogens is 1. The second-order valence-electron chi connectivity index (χ2n) is 4.34. The lowest BCUT2D eigenvalue weighted by Crippen LogP contribution is -2.38. The van der Waals surface area contributed by atoms with E-state index in [4.69, 9.17) is 11.6 Å². The van der Waals surface area contributed by atoms with Crippen LogP contribution in [0.1, 0.15) is 38.2 Å². The van der Waals surface area contributed by atoms with E-state index in [9.17, 15) is 0 Å². The van der Waals surface area contributed by atoms with Crippen LogP contribution in [0.2, 0.25) is 4.34 Å². The monoisotopic (exact) mass is 229 g/mol. The Morgan fingerprint density at radius 3 is 2.79 bits per heavy atom. The molecule has 0 amide bonds. The number of nitrogens with one attached hydrogen (secondary N) is 1. The van der Waals surface area contributed by atoms with Crippen LogP contribution in [0.15, 0.2) is 11.4 Å². The molecule has 1 aliphatic rings. The first kappa shape index (κ1) is 10.5. The third kappa shape index (κ3) is 2.30. The van der Waals surface area contributed by atoms with Crippen molar-refractivity contribution in [3.05, 3.63) is 21.3 Å². The molecule has 1 fully saturated rings. The number of thiophene rings is 1. The smallest absolute Gasteiger partial charge is 0.0973 e. The Bertz CT molecular complexity index is 302. The molecule has 0 aliphatic heterocycles. The van der Waals surface area contributed by atoms with Crippen molar-refractivity contribution in [1.82, 2.24) is 5.32 Å². The highest BCUT2D eigenvalue weighted by atomic mass is 35.5. The fraction of sp³-hybridized carbons (Fsp3) is 0.636. The number of hydrogen-bond acceptors (Lipinski definition) is 2. The van der Waals surface area contributed by atoms with E-state index in [0.717, 1.165) is 10.9 Å². The molecule has 78 valence electrons. The molecule has 1 aliphatic carbocycles. The van der Waals surface area contributed by atoms with Gasteiger partial charge in [-0.25, -0.2) is 0 Å². The van der Waals surface area contributed by atoms with Gasteiger partial charge in [-0.1, -0.05) is 24.4 Å². The quantitative estimate of drug-likeness (QED) is 0.831. The lowest BCUT2D eigenvalue weighted by molar-refractivity contribution is 0.363. The van der Waals surface area contributed by atoms with Crippen molar-refractivity contribution < 1.29 is 0 Å². The molecule has 0 spiro atoms. The van der Waals surface area contributed by atoms with Gasteiger partial charge in [0, 0.05) is 12.1 Å². The Kier molecular flexibility index (Phi) is 3.15. The van der Waals surface area contributed by atoms with Crippen molar-refractivity contribution in [3.8, 4) is 0 Å². The van der Waals surface area contributed by atoms with Crippen LogP contribution >= 0.6 is 22.9 Å². The summed E-state index contributed by atoms with van der Waals surface area (Å²) < 4.78 is 0.930. The highest BCUT2D eigenvalue weighted by molar-refractivity contribution is 7.14. The molecule has 0 atom stereocenters. The molecule has 0 aromatic carbocycles. The fourth-order valence-electron chi connectivity index (χ4n) is 2.09. The predicted octanol–water partition coefficient (Wildman–Crippen LogP) is 3.82. The van der Waals surface area contributed by atoms with Crippen molar-refractivity contribution in [3.63, 3.8) is 0 Å². The Balaban J connectivity index is 1.91. The van der Waals surface area contributed by atoms with E-state index in [2.05, 4.69) is 23.7 Å². The summed E-state index contributed by atoms with van der Waals surface area (Å²) in [5.41, 5.74) is 1.59. The zero-order chi connectivity index (χ0) is 10.0. The van der Waals surface area contributed by atoms with Crippen LogP contribution in [-0.4, -0.2) is 5.54 Å². The SMILES string of the molecule is CC1(NCc2ccsc2Cl)CCCC1. The van der Waals surface area contributed by atoms with Crippen LogP contribution in [0.4, 0.5) is 0 Å². The Hall–Kier alpha value is -0.0500. The maximum Gasteiger partial charge on any atom is 0.0973 e. The van der Waals surface area contributed by atoms with Gasteiger partial charge < -0.3 is 5.32 Å². The zero-order valence-corrected chi connectivity index (χ0v) is 10.0. The van der Waals surface area contributed by atoms with Gasteiger partial charge in [-0.2, -0.15) is 0 Å². The van der Waals surface area contributed by atoms with Crippen LogP contribution in [0, 0.1) is 0 Å². The molecule has 1 aromatic rings. The van der Waals surface area contributed by atoms with Crippen molar-refractivity contribution >= 4 is 22.9 Å². The molecule has 14 heavy (non-hydrogen) atoms. The fourth-order valence-corrected chi connectivity index (χ4v) is 3.01. The summed E-state index contributed by atoms with van der Waals surface area (Å²) in [6, 6.07) is 2.11. The molecule has 0 bridgehead atoms. The predicted molar refractivity (Wildman–Crippen MR) is 63.0 cm³/mol. The minimum absolute atomic E-state index is 0.352. The average Bonchev–Trinajstić information content (AvgIpc) is 2.73. The molecule has 0 radical (unpaired) electrons. The highest BCUT2D eigenvalue weighted by Crippen LogP contribution is 2.30. The van der Waals surface area contributed by atoms with Gasteiger partial charge in [0.1, 0.15) is 0 Å². The van der Waals surface area contributed by atoms with E-state index in [1.54, 1.807) is 11.3 Å². The van der Waals surface area contributed by atoms with Crippen LogP contribution in [0.25, 0.3) is 0 Å². The lowest BCUT2D eigenvalue weighted by atomic mass is 10.0. The van der Waals surface area contributed by atoms with E-state index in [1.807, 2.05) is 0 Å². The van der Waals surface area contributed by atoms with E-state index >= 15 is 0 Å². The van der Waals surface area contributed by atoms with Gasteiger partial charge in [-0.05, 0) is 36.8 Å². The summed E-state index contributed by atoms with van der Waals surface area (Å²) in [5, 5.41) is 5.68. The summed E-state index contributed by atoms with van der Waals surface area (Å²) >= 11 is 7.66. The molecule has 1 N–H and O–H groups in total. The second kappa shape index (κ2) is 4.21. The van der Waals surface area contributed by atoms with Gasteiger partial charge in [0.25, 0.3) is 0 Å². The van der Waals surface area contributed by atoms with E-state index in [0.29, 0.717) is 5.54 Å². The van der Waals surface area contributed by atoms with Crippen molar-refractivity contribution in [2.24, 2.45) is 0 Å². The zero-order valence-electron chi connectivity index (χ0n) is 8.48. The van der Waals surface area contributed by atoms with E-state index in [1.165, 1.54) is 31.2 Å². The third-order valence-electron chi connectivity index (χ3n) is 3.11. The summed E-state index contributed by atoms with van der Waals surface area (Å²) in [4.78, 5) is 0. The van der Waals surface area contributed by atoms with Crippen molar-refractivity contribution in [2.75, 3.05) is 0 Å². The summed E-state index contributed by atoms with van der Waals surface area (Å²) in [7, 11) is 0. The maximum absolute atomic E-state index is 6.05.